The second kappa shape index (κ2) is 7.40. The van der Waals surface area contributed by atoms with Crippen LogP contribution in [0.15, 0.2) is 79.0 Å². The number of hydrogen-bond donors (Lipinski definition) is 2. The van der Waals surface area contributed by atoms with Gasteiger partial charge in [0, 0.05) is 23.0 Å². The summed E-state index contributed by atoms with van der Waals surface area (Å²) >= 11 is 0. The summed E-state index contributed by atoms with van der Waals surface area (Å²) in [5, 5.41) is 3.97. The van der Waals surface area contributed by atoms with Gasteiger partial charge in [-0.2, -0.15) is 0 Å². The first-order valence-electron chi connectivity index (χ1n) is 9.67. The molecule has 2 amide bonds. The van der Waals surface area contributed by atoms with Crippen molar-refractivity contribution in [3.63, 3.8) is 0 Å². The van der Waals surface area contributed by atoms with Crippen LogP contribution >= 0.6 is 0 Å². The Labute approximate surface area is 173 Å². The average Bonchev–Trinajstić information content (AvgIpc) is 3.24. The first kappa shape index (κ1) is 18.0. The molecule has 2 N–H and O–H groups in total. The molecule has 148 valence electrons. The van der Waals surface area contributed by atoms with E-state index in [9.17, 15) is 9.59 Å². The Morgan fingerprint density at radius 3 is 2.77 bits per heavy atom. The lowest BCUT2D eigenvalue weighted by Crippen LogP contribution is -2.38. The van der Waals surface area contributed by atoms with Gasteiger partial charge in [0.25, 0.3) is 11.8 Å². The molecule has 0 saturated heterocycles. The highest BCUT2D eigenvalue weighted by Gasteiger charge is 2.26. The van der Waals surface area contributed by atoms with Crippen LogP contribution < -0.4 is 15.0 Å². The number of anilines is 2. The van der Waals surface area contributed by atoms with Gasteiger partial charge < -0.3 is 19.9 Å². The third-order valence-electron chi connectivity index (χ3n) is 5.16. The van der Waals surface area contributed by atoms with E-state index in [1.54, 1.807) is 29.2 Å². The molecule has 6 nitrogen and oxygen atoms in total. The number of aromatic amines is 1. The van der Waals surface area contributed by atoms with Gasteiger partial charge in [-0.15, -0.1) is 0 Å². The number of fused-ring (bicyclic) bond motifs is 2. The summed E-state index contributed by atoms with van der Waals surface area (Å²) in [6.07, 6.45) is 1.84. The maximum Gasteiger partial charge on any atom is 0.265 e. The lowest BCUT2D eigenvalue weighted by Gasteiger charge is -2.30. The van der Waals surface area contributed by atoms with Crippen molar-refractivity contribution in [3.8, 4) is 5.75 Å². The molecule has 2 heterocycles. The molecular weight excluding hydrogens is 378 g/mol. The lowest BCUT2D eigenvalue weighted by atomic mass is 10.1. The highest BCUT2D eigenvalue weighted by Crippen LogP contribution is 2.35. The number of amides is 2. The van der Waals surface area contributed by atoms with Crippen LogP contribution in [-0.2, 0) is 11.3 Å². The molecule has 5 rings (SSSR count). The number of carbonyl (C=O) groups excluding carboxylic acids is 2. The smallest absolute Gasteiger partial charge is 0.265 e. The first-order valence-corrected chi connectivity index (χ1v) is 9.67. The van der Waals surface area contributed by atoms with E-state index in [2.05, 4.69) is 10.3 Å². The number of carbonyl (C=O) groups is 2. The summed E-state index contributed by atoms with van der Waals surface area (Å²) in [5.74, 6) is 0.285. The predicted octanol–water partition coefficient (Wildman–Crippen LogP) is 4.35. The number of benzene rings is 3. The first-order chi connectivity index (χ1) is 14.7. The van der Waals surface area contributed by atoms with Crippen LogP contribution in [0.1, 0.15) is 15.9 Å². The summed E-state index contributed by atoms with van der Waals surface area (Å²) in [5.41, 5.74) is 3.72. The Hall–Kier alpha value is -4.06. The van der Waals surface area contributed by atoms with E-state index in [-0.39, 0.29) is 18.4 Å². The highest BCUT2D eigenvalue weighted by molar-refractivity contribution is 6.07. The molecular formula is C24H19N3O3. The van der Waals surface area contributed by atoms with Gasteiger partial charge in [-0.05, 0) is 47.3 Å². The SMILES string of the molecule is O=C(Nc1ccc2c(c1)N(Cc1ccccc1)C(=O)CO2)c1ccc2cc[nH]c2c1. The van der Waals surface area contributed by atoms with E-state index < -0.39 is 0 Å². The molecule has 0 fully saturated rings. The van der Waals surface area contributed by atoms with Crippen LogP contribution in [0.2, 0.25) is 0 Å². The monoisotopic (exact) mass is 397 g/mol. The molecule has 4 aromatic rings. The van der Waals surface area contributed by atoms with Crippen molar-refractivity contribution >= 4 is 34.1 Å². The van der Waals surface area contributed by atoms with Crippen molar-refractivity contribution < 1.29 is 14.3 Å². The fraction of sp³-hybridized carbons (Fsp3) is 0.0833. The molecule has 30 heavy (non-hydrogen) atoms. The minimum absolute atomic E-state index is 0.00169. The van der Waals surface area contributed by atoms with E-state index in [0.29, 0.717) is 29.2 Å². The van der Waals surface area contributed by atoms with Gasteiger partial charge in [0.1, 0.15) is 5.75 Å². The highest BCUT2D eigenvalue weighted by atomic mass is 16.5. The maximum atomic E-state index is 12.7. The summed E-state index contributed by atoms with van der Waals surface area (Å²) in [6, 6.07) is 22.6. The predicted molar refractivity (Wildman–Crippen MR) is 116 cm³/mol. The summed E-state index contributed by atoms with van der Waals surface area (Å²) in [6.45, 7) is 0.443. The average molecular weight is 397 g/mol. The van der Waals surface area contributed by atoms with Gasteiger partial charge in [-0.1, -0.05) is 36.4 Å². The molecule has 1 aliphatic heterocycles. The summed E-state index contributed by atoms with van der Waals surface area (Å²) < 4.78 is 5.58. The van der Waals surface area contributed by atoms with E-state index in [0.717, 1.165) is 16.5 Å². The fourth-order valence-electron chi connectivity index (χ4n) is 3.61. The van der Waals surface area contributed by atoms with Crippen molar-refractivity contribution in [2.45, 2.75) is 6.54 Å². The Bertz CT molecular complexity index is 1250. The number of nitrogens with one attached hydrogen (secondary N) is 2. The van der Waals surface area contributed by atoms with Gasteiger partial charge in [0.2, 0.25) is 0 Å². The normalized spacial score (nSPS) is 13.1. The minimum atomic E-state index is -0.218. The fourth-order valence-corrected chi connectivity index (χ4v) is 3.61. The number of ether oxygens (including phenoxy) is 1. The van der Waals surface area contributed by atoms with Crippen molar-refractivity contribution in [3.05, 3.63) is 90.1 Å². The van der Waals surface area contributed by atoms with Gasteiger partial charge >= 0.3 is 0 Å². The molecule has 0 bridgehead atoms. The molecule has 3 aromatic carbocycles. The second-order valence-electron chi connectivity index (χ2n) is 7.17. The van der Waals surface area contributed by atoms with Gasteiger partial charge in [-0.3, -0.25) is 9.59 Å². The van der Waals surface area contributed by atoms with Gasteiger partial charge in [0.15, 0.2) is 6.61 Å². The quantitative estimate of drug-likeness (QED) is 0.538. The summed E-state index contributed by atoms with van der Waals surface area (Å²) in [7, 11) is 0. The molecule has 1 aliphatic rings. The molecule has 0 unspecified atom stereocenters. The van der Waals surface area contributed by atoms with Gasteiger partial charge in [-0.25, -0.2) is 0 Å². The van der Waals surface area contributed by atoms with Crippen LogP contribution in [0, 0.1) is 0 Å². The van der Waals surface area contributed by atoms with Crippen LogP contribution in [0.25, 0.3) is 10.9 Å². The third-order valence-corrected chi connectivity index (χ3v) is 5.16. The Kier molecular flexibility index (Phi) is 4.44. The molecule has 0 atom stereocenters. The van der Waals surface area contributed by atoms with E-state index >= 15 is 0 Å². The number of nitrogens with zero attached hydrogens (tertiary/aromatic N) is 1. The van der Waals surface area contributed by atoms with E-state index in [1.807, 2.05) is 54.7 Å². The van der Waals surface area contributed by atoms with Crippen molar-refractivity contribution in [1.82, 2.24) is 4.98 Å². The van der Waals surface area contributed by atoms with Crippen LogP contribution in [0.5, 0.6) is 5.75 Å². The molecule has 1 aromatic heterocycles. The van der Waals surface area contributed by atoms with Crippen LogP contribution in [-0.4, -0.2) is 23.4 Å². The van der Waals surface area contributed by atoms with Crippen LogP contribution in [0.4, 0.5) is 11.4 Å². The second-order valence-corrected chi connectivity index (χ2v) is 7.17. The van der Waals surface area contributed by atoms with Crippen molar-refractivity contribution in [1.29, 1.82) is 0 Å². The Balaban J connectivity index is 1.42. The zero-order valence-corrected chi connectivity index (χ0v) is 16.1. The van der Waals surface area contributed by atoms with Crippen molar-refractivity contribution in [2.75, 3.05) is 16.8 Å². The third kappa shape index (κ3) is 3.39. The largest absolute Gasteiger partial charge is 0.482 e. The standard InChI is InChI=1S/C24H19N3O3/c28-23-15-30-22-9-8-19(13-21(22)27(23)14-16-4-2-1-3-5-16)26-24(29)18-7-6-17-10-11-25-20(17)12-18/h1-13,25H,14-15H2,(H,26,29). The number of H-pyrrole nitrogens is 1. The lowest BCUT2D eigenvalue weighted by molar-refractivity contribution is -0.121. The molecule has 0 saturated carbocycles. The number of hydrogen-bond acceptors (Lipinski definition) is 3. The molecule has 0 spiro atoms. The molecule has 6 heteroatoms. The molecule has 0 aliphatic carbocycles. The maximum absolute atomic E-state index is 12.7. The zero-order valence-electron chi connectivity index (χ0n) is 16.1. The van der Waals surface area contributed by atoms with Crippen LogP contribution in [0.3, 0.4) is 0 Å². The van der Waals surface area contributed by atoms with E-state index in [1.165, 1.54) is 0 Å². The van der Waals surface area contributed by atoms with Crippen molar-refractivity contribution in [2.24, 2.45) is 0 Å². The topological polar surface area (TPSA) is 74.4 Å². The van der Waals surface area contributed by atoms with E-state index in [4.69, 9.17) is 4.74 Å². The zero-order chi connectivity index (χ0) is 20.5. The molecule has 0 radical (unpaired) electrons. The summed E-state index contributed by atoms with van der Waals surface area (Å²) in [4.78, 5) is 30.1. The number of rotatable bonds is 4. The Morgan fingerprint density at radius 2 is 1.90 bits per heavy atom. The minimum Gasteiger partial charge on any atom is -0.482 e. The number of aromatic nitrogens is 1. The Morgan fingerprint density at radius 1 is 1.03 bits per heavy atom. The van der Waals surface area contributed by atoms with Gasteiger partial charge in [0.05, 0.1) is 12.2 Å².